The molecule has 0 aliphatic carbocycles. The molecule has 6 heteroatoms. The van der Waals surface area contributed by atoms with Crippen LogP contribution in [-0.2, 0) is 11.8 Å². The minimum absolute atomic E-state index is 0.0944. The van der Waals surface area contributed by atoms with E-state index in [1.807, 2.05) is 6.07 Å². The van der Waals surface area contributed by atoms with Crippen LogP contribution in [0.3, 0.4) is 0 Å². The van der Waals surface area contributed by atoms with Gasteiger partial charge in [0.2, 0.25) is 0 Å². The van der Waals surface area contributed by atoms with Crippen molar-refractivity contribution in [1.29, 1.82) is 5.26 Å². The minimum Gasteiger partial charge on any atom is -0.244 e. The summed E-state index contributed by atoms with van der Waals surface area (Å²) in [7, 11) is 0. The van der Waals surface area contributed by atoms with Gasteiger partial charge in [-0.05, 0) is 5.56 Å². The van der Waals surface area contributed by atoms with Crippen LogP contribution in [0.25, 0.3) is 0 Å². The van der Waals surface area contributed by atoms with E-state index in [2.05, 4.69) is 20.9 Å². The molecule has 0 unspecified atom stereocenters. The summed E-state index contributed by atoms with van der Waals surface area (Å²) in [6.45, 7) is 0. The van der Waals surface area contributed by atoms with Crippen molar-refractivity contribution in [3.8, 4) is 6.07 Å². The molecule has 0 N–H and O–H groups in total. The number of hydrogen-bond acceptors (Lipinski definition) is 2. The van der Waals surface area contributed by atoms with Gasteiger partial charge >= 0.3 is 0 Å². The van der Waals surface area contributed by atoms with Gasteiger partial charge in [-0.3, -0.25) is 0 Å². The Morgan fingerprint density at radius 2 is 2.20 bits per heavy atom. The molecule has 1 aromatic heterocycles. The van der Waals surface area contributed by atoms with Gasteiger partial charge in [-0.2, -0.15) is 5.26 Å². The zero-order valence-corrected chi connectivity index (χ0v) is 9.82. The Kier molecular flexibility index (Phi) is 4.43. The quantitative estimate of drug-likeness (QED) is 0.630. The molecule has 0 aliphatic heterocycles. The van der Waals surface area contributed by atoms with E-state index in [9.17, 15) is 8.78 Å². The highest BCUT2D eigenvalue weighted by Crippen LogP contribution is 2.29. The van der Waals surface area contributed by atoms with Gasteiger partial charge in [0.05, 0.1) is 12.5 Å². The number of rotatable bonds is 3. The fraction of sp³-hybridized carbons (Fsp3) is 0.333. The van der Waals surface area contributed by atoms with Gasteiger partial charge < -0.3 is 0 Å². The largest absolute Gasteiger partial charge is 0.265 e. The standard InChI is InChI=1S/C9H6BrClF2N2/c10-3-6-5(1-2-14)7(9(12)13)4-15-8(6)11/h4,9H,1,3H2. The summed E-state index contributed by atoms with van der Waals surface area (Å²) in [5.74, 6) is 0. The molecule has 0 aromatic carbocycles. The molecule has 0 amide bonds. The van der Waals surface area contributed by atoms with Gasteiger partial charge in [-0.15, -0.1) is 0 Å². The molecular formula is C9H6BrClF2N2. The van der Waals surface area contributed by atoms with Crippen LogP contribution in [-0.4, -0.2) is 4.98 Å². The summed E-state index contributed by atoms with van der Waals surface area (Å²) >= 11 is 8.88. The summed E-state index contributed by atoms with van der Waals surface area (Å²) < 4.78 is 25.2. The summed E-state index contributed by atoms with van der Waals surface area (Å²) in [5, 5.41) is 9.02. The molecule has 80 valence electrons. The highest BCUT2D eigenvalue weighted by molar-refractivity contribution is 9.08. The van der Waals surface area contributed by atoms with Crippen molar-refractivity contribution in [2.75, 3.05) is 0 Å². The first-order chi connectivity index (χ1) is 7.11. The number of pyridine rings is 1. The van der Waals surface area contributed by atoms with Crippen LogP contribution in [0.1, 0.15) is 23.1 Å². The highest BCUT2D eigenvalue weighted by Gasteiger charge is 2.18. The Morgan fingerprint density at radius 3 is 2.67 bits per heavy atom. The predicted molar refractivity (Wildman–Crippen MR) is 56.2 cm³/mol. The number of aromatic nitrogens is 1. The maximum atomic E-state index is 12.6. The van der Waals surface area contributed by atoms with Crippen molar-refractivity contribution in [3.63, 3.8) is 0 Å². The molecular weight excluding hydrogens is 289 g/mol. The fourth-order valence-electron chi connectivity index (χ4n) is 1.19. The van der Waals surface area contributed by atoms with E-state index in [4.69, 9.17) is 16.9 Å². The summed E-state index contributed by atoms with van der Waals surface area (Å²) in [4.78, 5) is 3.66. The Bertz CT molecular complexity index is 404. The van der Waals surface area contributed by atoms with E-state index < -0.39 is 6.43 Å². The Hall–Kier alpha value is -0.730. The first-order valence-electron chi connectivity index (χ1n) is 3.99. The van der Waals surface area contributed by atoms with Crippen molar-refractivity contribution in [2.45, 2.75) is 18.2 Å². The first-order valence-corrected chi connectivity index (χ1v) is 5.49. The second-order valence-corrected chi connectivity index (χ2v) is 3.65. The molecule has 2 nitrogen and oxygen atoms in total. The Balaban J connectivity index is 3.36. The minimum atomic E-state index is -2.64. The summed E-state index contributed by atoms with van der Waals surface area (Å²) in [6, 6.07) is 1.84. The molecule has 0 spiro atoms. The number of hydrogen-bond donors (Lipinski definition) is 0. The van der Waals surface area contributed by atoms with Gasteiger partial charge in [0.1, 0.15) is 5.15 Å². The second kappa shape index (κ2) is 5.38. The molecule has 15 heavy (non-hydrogen) atoms. The number of alkyl halides is 3. The Morgan fingerprint density at radius 1 is 1.53 bits per heavy atom. The Labute approximate surface area is 99.0 Å². The fourth-order valence-corrected chi connectivity index (χ4v) is 2.19. The average Bonchev–Trinajstić information content (AvgIpc) is 2.18. The van der Waals surface area contributed by atoms with Crippen molar-refractivity contribution in [1.82, 2.24) is 4.98 Å². The van der Waals surface area contributed by atoms with Crippen LogP contribution >= 0.6 is 27.5 Å². The molecule has 0 saturated heterocycles. The lowest BCUT2D eigenvalue weighted by molar-refractivity contribution is 0.150. The third-order valence-corrected chi connectivity index (χ3v) is 2.79. The number of halogens is 4. The molecule has 1 rings (SSSR count). The molecule has 0 radical (unpaired) electrons. The maximum absolute atomic E-state index is 12.6. The van der Waals surface area contributed by atoms with E-state index in [0.717, 1.165) is 6.20 Å². The van der Waals surface area contributed by atoms with Gasteiger partial charge in [0.15, 0.2) is 0 Å². The summed E-state index contributed by atoms with van der Waals surface area (Å²) in [5.41, 5.74) is 0.496. The van der Waals surface area contributed by atoms with Crippen LogP contribution in [0.2, 0.25) is 5.15 Å². The van der Waals surface area contributed by atoms with Crippen LogP contribution in [0.5, 0.6) is 0 Å². The maximum Gasteiger partial charge on any atom is 0.265 e. The van der Waals surface area contributed by atoms with Gasteiger partial charge in [0, 0.05) is 22.7 Å². The molecule has 0 saturated carbocycles. The SMILES string of the molecule is N#CCc1c(C(F)F)cnc(Cl)c1CBr. The lowest BCUT2D eigenvalue weighted by Crippen LogP contribution is -2.01. The number of nitrogens with zero attached hydrogens (tertiary/aromatic N) is 2. The predicted octanol–water partition coefficient (Wildman–Crippen LogP) is 3.63. The van der Waals surface area contributed by atoms with Crippen LogP contribution in [0.4, 0.5) is 8.78 Å². The van der Waals surface area contributed by atoms with Crippen LogP contribution in [0.15, 0.2) is 6.20 Å². The lowest BCUT2D eigenvalue weighted by atomic mass is 10.0. The molecule has 0 atom stereocenters. The molecule has 1 aromatic rings. The van der Waals surface area contributed by atoms with Crippen molar-refractivity contribution < 1.29 is 8.78 Å². The normalized spacial score (nSPS) is 10.4. The van der Waals surface area contributed by atoms with E-state index in [0.29, 0.717) is 10.9 Å². The van der Waals surface area contributed by atoms with Crippen molar-refractivity contribution >= 4 is 27.5 Å². The van der Waals surface area contributed by atoms with Crippen molar-refractivity contribution in [2.24, 2.45) is 0 Å². The number of nitriles is 1. The molecule has 1 heterocycles. The van der Waals surface area contributed by atoms with E-state index >= 15 is 0 Å². The average molecular weight is 296 g/mol. The second-order valence-electron chi connectivity index (χ2n) is 2.73. The summed E-state index contributed by atoms with van der Waals surface area (Å²) in [6.07, 6.45) is -1.72. The third-order valence-electron chi connectivity index (χ3n) is 1.90. The van der Waals surface area contributed by atoms with Gasteiger partial charge in [-0.1, -0.05) is 27.5 Å². The van der Waals surface area contributed by atoms with Crippen LogP contribution < -0.4 is 0 Å². The van der Waals surface area contributed by atoms with Crippen LogP contribution in [0, 0.1) is 11.3 Å². The highest BCUT2D eigenvalue weighted by atomic mass is 79.9. The van der Waals surface area contributed by atoms with E-state index in [1.54, 1.807) is 0 Å². The molecule has 0 fully saturated rings. The molecule has 0 aliphatic rings. The zero-order chi connectivity index (χ0) is 11.4. The smallest absolute Gasteiger partial charge is 0.244 e. The van der Waals surface area contributed by atoms with E-state index in [1.165, 1.54) is 0 Å². The zero-order valence-electron chi connectivity index (χ0n) is 7.48. The monoisotopic (exact) mass is 294 g/mol. The topological polar surface area (TPSA) is 36.7 Å². The first kappa shape index (κ1) is 12.3. The van der Waals surface area contributed by atoms with Gasteiger partial charge in [-0.25, -0.2) is 13.8 Å². The molecule has 0 bridgehead atoms. The van der Waals surface area contributed by atoms with E-state index in [-0.39, 0.29) is 22.7 Å². The van der Waals surface area contributed by atoms with Crippen molar-refractivity contribution in [3.05, 3.63) is 28.0 Å². The van der Waals surface area contributed by atoms with Gasteiger partial charge in [0.25, 0.3) is 6.43 Å². The lowest BCUT2D eigenvalue weighted by Gasteiger charge is -2.10. The third kappa shape index (κ3) is 2.64.